The number of nitrogens with two attached hydrogens (primary N) is 2. The number of carbonyl (C=O) groups excluding carboxylic acids is 1. The Morgan fingerprint density at radius 1 is 1.50 bits per heavy atom. The highest BCUT2D eigenvalue weighted by Gasteiger charge is 2.33. The fourth-order valence-electron chi connectivity index (χ4n) is 1.33. The van der Waals surface area contributed by atoms with Crippen molar-refractivity contribution in [2.75, 3.05) is 30.3 Å². The minimum Gasteiger partial charge on any atom is -0.395 e. The Morgan fingerprint density at radius 3 is 2.56 bits per heavy atom. The second-order valence-electron chi connectivity index (χ2n) is 3.37. The second-order valence-corrected chi connectivity index (χ2v) is 4.12. The van der Waals surface area contributed by atoms with Crippen molar-refractivity contribution < 1.29 is 23.1 Å². The Labute approximate surface area is 104 Å². The molecule has 0 spiro atoms. The maximum atomic E-state index is 12.4. The molecule has 1 rings (SSSR count). The van der Waals surface area contributed by atoms with Crippen LogP contribution in [0, 0.1) is 0 Å². The van der Waals surface area contributed by atoms with Gasteiger partial charge in [-0.15, -0.1) is 0 Å². The molecule has 102 valence electrons. The molecule has 0 unspecified atom stereocenters. The molecule has 0 fully saturated rings. The summed E-state index contributed by atoms with van der Waals surface area (Å²) < 4.78 is 40.7. The number of nitrogens with zero attached hydrogens (tertiary/aromatic N) is 2. The van der Waals surface area contributed by atoms with Gasteiger partial charge in [0.1, 0.15) is 17.1 Å². The molecule has 0 aromatic carbocycles. The number of halogens is 3. The third-order valence-corrected chi connectivity index (χ3v) is 2.90. The van der Waals surface area contributed by atoms with E-state index in [4.69, 9.17) is 16.6 Å². The smallest absolute Gasteiger partial charge is 0.395 e. The zero-order chi connectivity index (χ0) is 13.9. The Bertz CT molecular complexity index is 434. The SMILES string of the molecule is NC(=O)c1c(N)nsc1N(CCO)CC(F)(F)F. The topological polar surface area (TPSA) is 105 Å². The van der Waals surface area contributed by atoms with Crippen molar-refractivity contribution in [2.24, 2.45) is 5.73 Å². The van der Waals surface area contributed by atoms with Crippen LogP contribution in [-0.4, -0.2) is 41.3 Å². The van der Waals surface area contributed by atoms with Crippen LogP contribution in [0.2, 0.25) is 0 Å². The van der Waals surface area contributed by atoms with Crippen molar-refractivity contribution in [1.82, 2.24) is 4.37 Å². The van der Waals surface area contributed by atoms with Crippen molar-refractivity contribution in [2.45, 2.75) is 6.18 Å². The van der Waals surface area contributed by atoms with Gasteiger partial charge in [-0.3, -0.25) is 4.79 Å². The lowest BCUT2D eigenvalue weighted by Gasteiger charge is -2.23. The molecule has 0 aliphatic heterocycles. The molecule has 1 amide bonds. The number of hydrogen-bond donors (Lipinski definition) is 3. The van der Waals surface area contributed by atoms with Gasteiger partial charge in [-0.1, -0.05) is 0 Å². The van der Waals surface area contributed by atoms with Crippen LogP contribution in [0.15, 0.2) is 0 Å². The summed E-state index contributed by atoms with van der Waals surface area (Å²) in [6.07, 6.45) is -4.48. The predicted molar refractivity (Wildman–Crippen MR) is 60.4 cm³/mol. The lowest BCUT2D eigenvalue weighted by atomic mass is 10.3. The molecule has 1 aromatic rings. The molecule has 0 saturated heterocycles. The Morgan fingerprint density at radius 2 is 2.11 bits per heavy atom. The molecule has 6 nitrogen and oxygen atoms in total. The summed E-state index contributed by atoms with van der Waals surface area (Å²) >= 11 is 0.632. The minimum atomic E-state index is -4.48. The quantitative estimate of drug-likeness (QED) is 0.715. The maximum Gasteiger partial charge on any atom is 0.405 e. The van der Waals surface area contributed by atoms with Gasteiger partial charge in [0.05, 0.1) is 6.61 Å². The molecule has 0 radical (unpaired) electrons. The fourth-order valence-corrected chi connectivity index (χ4v) is 2.17. The van der Waals surface area contributed by atoms with Crippen LogP contribution in [0.1, 0.15) is 10.4 Å². The normalized spacial score (nSPS) is 11.6. The van der Waals surface area contributed by atoms with E-state index >= 15 is 0 Å². The number of aliphatic hydroxyl groups excluding tert-OH is 1. The molecule has 18 heavy (non-hydrogen) atoms. The number of primary amides is 1. The molecule has 0 atom stereocenters. The van der Waals surface area contributed by atoms with E-state index in [9.17, 15) is 18.0 Å². The van der Waals surface area contributed by atoms with Gasteiger partial charge < -0.3 is 21.5 Å². The first-order valence-electron chi connectivity index (χ1n) is 4.73. The highest BCUT2D eigenvalue weighted by atomic mass is 32.1. The molecule has 0 saturated carbocycles. The molecular weight excluding hydrogens is 273 g/mol. The third-order valence-electron chi connectivity index (χ3n) is 1.97. The lowest BCUT2D eigenvalue weighted by molar-refractivity contribution is -0.119. The Balaban J connectivity index is 3.10. The summed E-state index contributed by atoms with van der Waals surface area (Å²) in [4.78, 5) is 11.9. The zero-order valence-corrected chi connectivity index (χ0v) is 9.88. The van der Waals surface area contributed by atoms with Crippen LogP contribution < -0.4 is 16.4 Å². The number of carbonyl (C=O) groups is 1. The molecule has 10 heteroatoms. The van der Waals surface area contributed by atoms with E-state index in [2.05, 4.69) is 4.37 Å². The summed E-state index contributed by atoms with van der Waals surface area (Å²) in [5.41, 5.74) is 10.2. The number of nitrogen functional groups attached to an aromatic ring is 1. The Hall–Kier alpha value is -1.55. The van der Waals surface area contributed by atoms with E-state index in [0.29, 0.717) is 11.5 Å². The van der Waals surface area contributed by atoms with Crippen molar-refractivity contribution in [1.29, 1.82) is 0 Å². The van der Waals surface area contributed by atoms with E-state index in [1.165, 1.54) is 0 Å². The molecule has 0 aliphatic rings. The standard InChI is InChI=1S/C8H11F3N4O2S/c9-8(10,11)3-15(1-2-16)7-4(6(13)17)5(12)14-18-7/h16H,1-3H2,(H2,12,14)(H2,13,17). The number of aromatic nitrogens is 1. The summed E-state index contributed by atoms with van der Waals surface area (Å²) in [5.74, 6) is -1.17. The zero-order valence-electron chi connectivity index (χ0n) is 9.07. The number of hydrogen-bond acceptors (Lipinski definition) is 6. The number of amides is 1. The molecular formula is C8H11F3N4O2S. The molecule has 0 aliphatic carbocycles. The summed E-state index contributed by atoms with van der Waals surface area (Å²) in [6, 6.07) is 0. The average Bonchev–Trinajstić information content (AvgIpc) is 2.57. The van der Waals surface area contributed by atoms with Crippen molar-refractivity contribution in [3.8, 4) is 0 Å². The van der Waals surface area contributed by atoms with Crippen LogP contribution in [0.3, 0.4) is 0 Å². The van der Waals surface area contributed by atoms with Crippen molar-refractivity contribution in [3.63, 3.8) is 0 Å². The summed E-state index contributed by atoms with van der Waals surface area (Å²) in [6.45, 7) is -2.14. The van der Waals surface area contributed by atoms with E-state index in [1.807, 2.05) is 0 Å². The second kappa shape index (κ2) is 5.40. The summed E-state index contributed by atoms with van der Waals surface area (Å²) in [5, 5.41) is 8.67. The van der Waals surface area contributed by atoms with Gasteiger partial charge in [0, 0.05) is 6.54 Å². The fraction of sp³-hybridized carbons (Fsp3) is 0.500. The van der Waals surface area contributed by atoms with Gasteiger partial charge in [0.15, 0.2) is 5.82 Å². The maximum absolute atomic E-state index is 12.4. The van der Waals surface area contributed by atoms with Crippen molar-refractivity contribution >= 4 is 28.3 Å². The highest BCUT2D eigenvalue weighted by Crippen LogP contribution is 2.32. The van der Waals surface area contributed by atoms with Gasteiger partial charge >= 0.3 is 6.18 Å². The molecule has 5 N–H and O–H groups in total. The van der Waals surface area contributed by atoms with Crippen LogP contribution in [0.25, 0.3) is 0 Å². The molecule has 1 heterocycles. The first-order chi connectivity index (χ1) is 8.26. The van der Waals surface area contributed by atoms with Crippen LogP contribution in [0.4, 0.5) is 24.0 Å². The number of rotatable bonds is 5. The van der Waals surface area contributed by atoms with Gasteiger partial charge in [-0.2, -0.15) is 17.5 Å². The van der Waals surface area contributed by atoms with Crippen LogP contribution in [-0.2, 0) is 0 Å². The number of alkyl halides is 3. The van der Waals surface area contributed by atoms with Crippen LogP contribution >= 0.6 is 11.5 Å². The first kappa shape index (κ1) is 14.5. The van der Waals surface area contributed by atoms with E-state index in [0.717, 1.165) is 4.90 Å². The van der Waals surface area contributed by atoms with Gasteiger partial charge in [0.2, 0.25) is 0 Å². The largest absolute Gasteiger partial charge is 0.405 e. The monoisotopic (exact) mass is 284 g/mol. The number of anilines is 2. The van der Waals surface area contributed by atoms with Crippen molar-refractivity contribution in [3.05, 3.63) is 5.56 Å². The first-order valence-corrected chi connectivity index (χ1v) is 5.51. The minimum absolute atomic E-state index is 0.0913. The van der Waals surface area contributed by atoms with Gasteiger partial charge in [-0.05, 0) is 11.5 Å². The Kier molecular flexibility index (Phi) is 4.35. The molecule has 0 bridgehead atoms. The predicted octanol–water partition coefficient (Wildman–Crippen LogP) is 0.185. The lowest BCUT2D eigenvalue weighted by Crippen LogP contribution is -2.37. The van der Waals surface area contributed by atoms with Crippen LogP contribution in [0.5, 0.6) is 0 Å². The highest BCUT2D eigenvalue weighted by molar-refractivity contribution is 7.11. The average molecular weight is 284 g/mol. The molecule has 1 aromatic heterocycles. The van der Waals surface area contributed by atoms with E-state index in [1.54, 1.807) is 0 Å². The van der Waals surface area contributed by atoms with Gasteiger partial charge in [0.25, 0.3) is 5.91 Å². The third kappa shape index (κ3) is 3.47. The number of aliphatic hydroxyl groups is 1. The van der Waals surface area contributed by atoms with Gasteiger partial charge in [-0.25, -0.2) is 0 Å². The summed E-state index contributed by atoms with van der Waals surface area (Å²) in [7, 11) is 0. The van der Waals surface area contributed by atoms with E-state index in [-0.39, 0.29) is 22.9 Å². The van der Waals surface area contributed by atoms with E-state index < -0.39 is 25.2 Å².